The highest BCUT2D eigenvalue weighted by molar-refractivity contribution is 5.84. The second-order valence-corrected chi connectivity index (χ2v) is 4.13. The molecule has 0 saturated heterocycles. The van der Waals surface area contributed by atoms with Crippen molar-refractivity contribution in [2.24, 2.45) is 0 Å². The first kappa shape index (κ1) is 13.8. The molecule has 0 saturated carbocycles. The Bertz CT molecular complexity index is 550. The lowest BCUT2D eigenvalue weighted by Gasteiger charge is -2.15. The summed E-state index contributed by atoms with van der Waals surface area (Å²) in [5.74, 6) is -0.822. The van der Waals surface area contributed by atoms with Gasteiger partial charge in [-0.05, 0) is 6.07 Å². The minimum absolute atomic E-state index is 0.0451. The Morgan fingerprint density at radius 2 is 2.40 bits per heavy atom. The predicted molar refractivity (Wildman–Crippen MR) is 68.5 cm³/mol. The van der Waals surface area contributed by atoms with Crippen molar-refractivity contribution in [3.63, 3.8) is 0 Å². The third-order valence-electron chi connectivity index (χ3n) is 2.66. The van der Waals surface area contributed by atoms with Gasteiger partial charge in [0.1, 0.15) is 12.6 Å². The number of H-pyrrole nitrogens is 1. The Hall–Kier alpha value is -2.64. The lowest BCUT2D eigenvalue weighted by atomic mass is 10.1. The van der Waals surface area contributed by atoms with Crippen LogP contribution in [0.3, 0.4) is 0 Å². The maximum atomic E-state index is 11.9. The summed E-state index contributed by atoms with van der Waals surface area (Å²) in [5, 5.41) is 6.55. The molecule has 0 radical (unpaired) electrons. The first-order chi connectivity index (χ1) is 9.69. The quantitative estimate of drug-likeness (QED) is 0.693. The number of hydrogen-bond donors (Lipinski definition) is 2. The fraction of sp³-hybridized carbons (Fsp3) is 0.333. The van der Waals surface area contributed by atoms with E-state index >= 15 is 0 Å². The molecule has 0 spiro atoms. The zero-order valence-corrected chi connectivity index (χ0v) is 10.9. The minimum Gasteiger partial charge on any atom is -0.467 e. The second kappa shape index (κ2) is 6.50. The largest absolute Gasteiger partial charge is 0.467 e. The van der Waals surface area contributed by atoms with Gasteiger partial charge in [0.25, 0.3) is 0 Å². The van der Waals surface area contributed by atoms with Gasteiger partial charge in [-0.2, -0.15) is 5.10 Å². The van der Waals surface area contributed by atoms with Crippen molar-refractivity contribution >= 4 is 11.9 Å². The van der Waals surface area contributed by atoms with E-state index in [1.165, 1.54) is 18.1 Å². The molecule has 20 heavy (non-hydrogen) atoms. The van der Waals surface area contributed by atoms with Gasteiger partial charge in [-0.25, -0.2) is 9.78 Å². The van der Waals surface area contributed by atoms with E-state index in [-0.39, 0.29) is 18.9 Å². The number of rotatable bonds is 6. The SMILES string of the molecule is COC(=O)[C@H](Cc1cnc[nH]1)NC(=O)Cn1cccn1. The third-order valence-corrected chi connectivity index (χ3v) is 2.66. The number of imidazole rings is 1. The fourth-order valence-electron chi connectivity index (χ4n) is 1.73. The van der Waals surface area contributed by atoms with Crippen molar-refractivity contribution in [2.45, 2.75) is 19.0 Å². The Morgan fingerprint density at radius 3 is 3.00 bits per heavy atom. The van der Waals surface area contributed by atoms with Gasteiger partial charge >= 0.3 is 5.97 Å². The van der Waals surface area contributed by atoms with Gasteiger partial charge in [-0.1, -0.05) is 0 Å². The molecule has 0 unspecified atom stereocenters. The Morgan fingerprint density at radius 1 is 1.55 bits per heavy atom. The first-order valence-electron chi connectivity index (χ1n) is 6.01. The molecule has 1 amide bonds. The number of esters is 1. The van der Waals surface area contributed by atoms with Crippen LogP contribution >= 0.6 is 0 Å². The lowest BCUT2D eigenvalue weighted by molar-refractivity contribution is -0.145. The summed E-state index contributed by atoms with van der Waals surface area (Å²) in [5.41, 5.74) is 0.736. The van der Waals surface area contributed by atoms with Crippen LogP contribution in [0.5, 0.6) is 0 Å². The number of nitrogens with zero attached hydrogens (tertiary/aromatic N) is 3. The molecule has 0 aliphatic heterocycles. The number of methoxy groups -OCH3 is 1. The van der Waals surface area contributed by atoms with Crippen molar-refractivity contribution in [2.75, 3.05) is 7.11 Å². The van der Waals surface area contributed by atoms with Gasteiger partial charge in [0.2, 0.25) is 5.91 Å². The van der Waals surface area contributed by atoms with Crippen LogP contribution in [-0.4, -0.2) is 44.8 Å². The zero-order chi connectivity index (χ0) is 14.4. The molecule has 2 heterocycles. The normalized spacial score (nSPS) is 11.8. The van der Waals surface area contributed by atoms with Crippen molar-refractivity contribution in [3.8, 4) is 0 Å². The molecule has 0 bridgehead atoms. The van der Waals surface area contributed by atoms with Gasteiger partial charge < -0.3 is 15.0 Å². The maximum absolute atomic E-state index is 11.9. The number of ether oxygens (including phenoxy) is 1. The van der Waals surface area contributed by atoms with Crippen LogP contribution in [0, 0.1) is 0 Å². The molecule has 8 heteroatoms. The van der Waals surface area contributed by atoms with Crippen LogP contribution in [0.2, 0.25) is 0 Å². The summed E-state index contributed by atoms with van der Waals surface area (Å²) >= 11 is 0. The number of carbonyl (C=O) groups excluding carboxylic acids is 2. The summed E-state index contributed by atoms with van der Waals surface area (Å²) in [6.07, 6.45) is 6.64. The van der Waals surface area contributed by atoms with Crippen LogP contribution in [-0.2, 0) is 27.3 Å². The molecule has 8 nitrogen and oxygen atoms in total. The Kier molecular flexibility index (Phi) is 4.48. The average Bonchev–Trinajstić information content (AvgIpc) is 3.10. The minimum atomic E-state index is -0.761. The summed E-state index contributed by atoms with van der Waals surface area (Å²) in [6, 6.07) is 0.957. The Balaban J connectivity index is 1.96. The molecular formula is C12H15N5O3. The number of aromatic nitrogens is 4. The summed E-state index contributed by atoms with van der Waals surface area (Å²) < 4.78 is 6.16. The molecule has 0 aliphatic carbocycles. The van der Waals surface area contributed by atoms with Gasteiger partial charge in [0, 0.05) is 30.7 Å². The highest BCUT2D eigenvalue weighted by Crippen LogP contribution is 2.01. The van der Waals surface area contributed by atoms with E-state index in [0.29, 0.717) is 0 Å². The van der Waals surface area contributed by atoms with Crippen LogP contribution in [0.1, 0.15) is 5.69 Å². The van der Waals surface area contributed by atoms with Crippen molar-refractivity contribution < 1.29 is 14.3 Å². The first-order valence-corrected chi connectivity index (χ1v) is 6.01. The number of aromatic amines is 1. The van der Waals surface area contributed by atoms with Crippen molar-refractivity contribution in [1.29, 1.82) is 0 Å². The number of nitrogens with one attached hydrogen (secondary N) is 2. The smallest absolute Gasteiger partial charge is 0.328 e. The highest BCUT2D eigenvalue weighted by Gasteiger charge is 2.22. The van der Waals surface area contributed by atoms with E-state index in [9.17, 15) is 9.59 Å². The van der Waals surface area contributed by atoms with E-state index in [1.54, 1.807) is 24.7 Å². The molecule has 1 atom stereocenters. The molecule has 2 aromatic rings. The van der Waals surface area contributed by atoms with Gasteiger partial charge in [0.05, 0.1) is 13.4 Å². The van der Waals surface area contributed by atoms with E-state index in [1.807, 2.05) is 0 Å². The van der Waals surface area contributed by atoms with Crippen LogP contribution < -0.4 is 5.32 Å². The monoisotopic (exact) mass is 277 g/mol. The molecule has 2 rings (SSSR count). The van der Waals surface area contributed by atoms with Gasteiger partial charge in [-0.15, -0.1) is 0 Å². The standard InChI is InChI=1S/C12H15N5O3/c1-20-12(19)10(5-9-6-13-8-14-9)16-11(18)7-17-4-2-3-15-17/h2-4,6,8,10H,5,7H2,1H3,(H,13,14)(H,16,18)/t10-/m0/s1. The van der Waals surface area contributed by atoms with Gasteiger partial charge in [-0.3, -0.25) is 9.48 Å². The number of carbonyl (C=O) groups is 2. The number of amides is 1. The van der Waals surface area contributed by atoms with E-state index in [4.69, 9.17) is 0 Å². The summed E-state index contributed by atoms with van der Waals surface area (Å²) in [6.45, 7) is 0.0451. The molecule has 106 valence electrons. The summed E-state index contributed by atoms with van der Waals surface area (Å²) in [4.78, 5) is 30.3. The highest BCUT2D eigenvalue weighted by atomic mass is 16.5. The second-order valence-electron chi connectivity index (χ2n) is 4.13. The fourth-order valence-corrected chi connectivity index (χ4v) is 1.73. The van der Waals surface area contributed by atoms with Crippen molar-refractivity contribution in [1.82, 2.24) is 25.1 Å². The number of hydrogen-bond acceptors (Lipinski definition) is 5. The summed E-state index contributed by atoms with van der Waals surface area (Å²) in [7, 11) is 1.28. The van der Waals surface area contributed by atoms with Crippen LogP contribution in [0.25, 0.3) is 0 Å². The molecule has 0 fully saturated rings. The van der Waals surface area contributed by atoms with E-state index in [2.05, 4.69) is 25.1 Å². The zero-order valence-electron chi connectivity index (χ0n) is 10.9. The molecule has 0 aromatic carbocycles. The van der Waals surface area contributed by atoms with E-state index in [0.717, 1.165) is 5.69 Å². The molecule has 0 aliphatic rings. The Labute approximate surface area is 115 Å². The van der Waals surface area contributed by atoms with Crippen LogP contribution in [0.4, 0.5) is 0 Å². The third kappa shape index (κ3) is 3.67. The van der Waals surface area contributed by atoms with Crippen LogP contribution in [0.15, 0.2) is 31.0 Å². The molecule has 2 N–H and O–H groups in total. The average molecular weight is 277 g/mol. The van der Waals surface area contributed by atoms with E-state index < -0.39 is 12.0 Å². The molecular weight excluding hydrogens is 262 g/mol. The predicted octanol–water partition coefficient (Wildman–Crippen LogP) is -0.493. The van der Waals surface area contributed by atoms with Gasteiger partial charge in [0.15, 0.2) is 0 Å². The topological polar surface area (TPSA) is 102 Å². The van der Waals surface area contributed by atoms with Crippen molar-refractivity contribution in [3.05, 3.63) is 36.7 Å². The lowest BCUT2D eigenvalue weighted by Crippen LogP contribution is -2.44. The maximum Gasteiger partial charge on any atom is 0.328 e. The molecule has 2 aromatic heterocycles.